The predicted octanol–water partition coefficient (Wildman–Crippen LogP) is 3.27. The molecule has 0 spiro atoms. The lowest BCUT2D eigenvalue weighted by Gasteiger charge is -2.17. The first-order chi connectivity index (χ1) is 8.15. The lowest BCUT2D eigenvalue weighted by molar-refractivity contribution is 0.322. The quantitative estimate of drug-likeness (QED) is 0.839. The van der Waals surface area contributed by atoms with E-state index >= 15 is 0 Å². The fraction of sp³-hybridized carbons (Fsp3) is 0.286. The third kappa shape index (κ3) is 3.32. The van der Waals surface area contributed by atoms with Crippen LogP contribution in [0.1, 0.15) is 16.0 Å². The third-order valence-electron chi connectivity index (χ3n) is 2.74. The number of nitrogen functional groups attached to an aromatic ring is 1. The van der Waals surface area contributed by atoms with E-state index in [0.717, 1.165) is 18.8 Å². The number of thiophene rings is 1. The topological polar surface area (TPSA) is 29.3 Å². The van der Waals surface area contributed by atoms with E-state index in [0.29, 0.717) is 0 Å². The Kier molecular flexibility index (Phi) is 3.82. The molecule has 0 atom stereocenters. The van der Waals surface area contributed by atoms with Crippen molar-refractivity contribution in [3.8, 4) is 0 Å². The van der Waals surface area contributed by atoms with E-state index in [1.165, 1.54) is 16.0 Å². The van der Waals surface area contributed by atoms with Gasteiger partial charge in [-0.3, -0.25) is 4.90 Å². The molecule has 90 valence electrons. The normalized spacial score (nSPS) is 11.0. The minimum absolute atomic E-state index is 0.883. The summed E-state index contributed by atoms with van der Waals surface area (Å²) in [6.45, 7) is 3.97. The number of nitrogens with two attached hydrogens (primary N) is 1. The molecule has 0 aliphatic heterocycles. The Hall–Kier alpha value is -1.32. The van der Waals surface area contributed by atoms with Crippen LogP contribution in [0.5, 0.6) is 0 Å². The van der Waals surface area contributed by atoms with Crippen LogP contribution in [0.25, 0.3) is 0 Å². The number of hydrogen-bond donors (Lipinski definition) is 1. The van der Waals surface area contributed by atoms with Crippen LogP contribution in [-0.4, -0.2) is 11.9 Å². The fourth-order valence-corrected chi connectivity index (χ4v) is 2.67. The Morgan fingerprint density at radius 1 is 1.24 bits per heavy atom. The molecule has 0 bridgehead atoms. The largest absolute Gasteiger partial charge is 0.398 e. The highest BCUT2D eigenvalue weighted by atomic mass is 32.1. The molecule has 2 aromatic rings. The van der Waals surface area contributed by atoms with Crippen LogP contribution >= 0.6 is 11.3 Å². The zero-order chi connectivity index (χ0) is 12.3. The van der Waals surface area contributed by atoms with E-state index in [-0.39, 0.29) is 0 Å². The summed E-state index contributed by atoms with van der Waals surface area (Å²) < 4.78 is 0. The minimum Gasteiger partial charge on any atom is -0.398 e. The molecule has 1 heterocycles. The van der Waals surface area contributed by atoms with Crippen LogP contribution in [0.2, 0.25) is 0 Å². The molecule has 0 saturated heterocycles. The number of benzene rings is 1. The minimum atomic E-state index is 0.883. The predicted molar refractivity (Wildman–Crippen MR) is 75.1 cm³/mol. The summed E-state index contributed by atoms with van der Waals surface area (Å²) in [6.07, 6.45) is 0. The summed E-state index contributed by atoms with van der Waals surface area (Å²) >= 11 is 1.80. The third-order valence-corrected chi connectivity index (χ3v) is 3.61. The molecule has 1 aromatic heterocycles. The van der Waals surface area contributed by atoms with Gasteiger partial charge in [0.1, 0.15) is 0 Å². The molecule has 2 nitrogen and oxygen atoms in total. The molecule has 0 aliphatic rings. The van der Waals surface area contributed by atoms with Gasteiger partial charge in [-0.2, -0.15) is 0 Å². The van der Waals surface area contributed by atoms with Crippen molar-refractivity contribution < 1.29 is 0 Å². The molecule has 17 heavy (non-hydrogen) atoms. The van der Waals surface area contributed by atoms with Gasteiger partial charge >= 0.3 is 0 Å². The lowest BCUT2D eigenvalue weighted by Crippen LogP contribution is -2.17. The number of rotatable bonds is 4. The zero-order valence-electron chi connectivity index (χ0n) is 10.3. The molecular weight excluding hydrogens is 228 g/mol. The summed E-state index contributed by atoms with van der Waals surface area (Å²) in [6, 6.07) is 10.5. The van der Waals surface area contributed by atoms with Crippen molar-refractivity contribution >= 4 is 17.0 Å². The Morgan fingerprint density at radius 2 is 2.06 bits per heavy atom. The Morgan fingerprint density at radius 3 is 2.76 bits per heavy atom. The molecule has 1 aromatic carbocycles. The van der Waals surface area contributed by atoms with Crippen molar-refractivity contribution in [2.24, 2.45) is 0 Å². The maximum Gasteiger partial charge on any atom is 0.0359 e. The van der Waals surface area contributed by atoms with Crippen molar-refractivity contribution in [3.05, 3.63) is 51.7 Å². The van der Waals surface area contributed by atoms with Gasteiger partial charge in [-0.25, -0.2) is 0 Å². The van der Waals surface area contributed by atoms with Gasteiger partial charge in [0.15, 0.2) is 0 Å². The average molecular weight is 246 g/mol. The van der Waals surface area contributed by atoms with E-state index in [9.17, 15) is 0 Å². The van der Waals surface area contributed by atoms with Gasteiger partial charge in [0.25, 0.3) is 0 Å². The SMILES string of the molecule is Cc1ccc(N)c(CN(C)Cc2cccs2)c1. The van der Waals surface area contributed by atoms with Crippen molar-refractivity contribution in [1.82, 2.24) is 4.90 Å². The molecule has 0 fully saturated rings. The maximum atomic E-state index is 5.99. The number of aryl methyl sites for hydroxylation is 1. The highest BCUT2D eigenvalue weighted by Gasteiger charge is 2.05. The summed E-state index contributed by atoms with van der Waals surface area (Å²) in [4.78, 5) is 3.68. The highest BCUT2D eigenvalue weighted by molar-refractivity contribution is 7.09. The van der Waals surface area contributed by atoms with Crippen LogP contribution in [0.15, 0.2) is 35.7 Å². The molecule has 0 amide bonds. The fourth-order valence-electron chi connectivity index (χ4n) is 1.89. The van der Waals surface area contributed by atoms with Gasteiger partial charge in [0.2, 0.25) is 0 Å². The molecule has 2 N–H and O–H groups in total. The van der Waals surface area contributed by atoms with E-state index < -0.39 is 0 Å². The van der Waals surface area contributed by atoms with Gasteiger partial charge in [-0.05, 0) is 37.0 Å². The van der Waals surface area contributed by atoms with Gasteiger partial charge in [0, 0.05) is 23.7 Å². The standard InChI is InChI=1S/C14H18N2S/c1-11-5-6-14(15)12(8-11)9-16(2)10-13-4-3-7-17-13/h3-8H,9-10,15H2,1-2H3. The highest BCUT2D eigenvalue weighted by Crippen LogP contribution is 2.17. The Bertz CT molecular complexity index is 477. The van der Waals surface area contributed by atoms with Crippen molar-refractivity contribution in [2.75, 3.05) is 12.8 Å². The zero-order valence-corrected chi connectivity index (χ0v) is 11.1. The number of anilines is 1. The molecule has 2 rings (SSSR count). The smallest absolute Gasteiger partial charge is 0.0359 e. The summed E-state index contributed by atoms with van der Waals surface area (Å²) in [5.41, 5.74) is 9.34. The monoisotopic (exact) mass is 246 g/mol. The van der Waals surface area contributed by atoms with Crippen LogP contribution in [0, 0.1) is 6.92 Å². The van der Waals surface area contributed by atoms with Crippen LogP contribution in [0.4, 0.5) is 5.69 Å². The Balaban J connectivity index is 2.02. The van der Waals surface area contributed by atoms with Crippen molar-refractivity contribution in [2.45, 2.75) is 20.0 Å². The second kappa shape index (κ2) is 5.34. The Labute approximate surface area is 107 Å². The first kappa shape index (κ1) is 12.1. The van der Waals surface area contributed by atoms with Gasteiger partial charge < -0.3 is 5.73 Å². The summed E-state index contributed by atoms with van der Waals surface area (Å²) in [5.74, 6) is 0. The van der Waals surface area contributed by atoms with Gasteiger partial charge in [-0.1, -0.05) is 23.8 Å². The number of nitrogens with zero attached hydrogens (tertiary/aromatic N) is 1. The lowest BCUT2D eigenvalue weighted by atomic mass is 10.1. The summed E-state index contributed by atoms with van der Waals surface area (Å²) in [5, 5.41) is 2.12. The molecule has 0 aliphatic carbocycles. The second-order valence-electron chi connectivity index (χ2n) is 4.45. The van der Waals surface area contributed by atoms with E-state index in [2.05, 4.69) is 48.5 Å². The van der Waals surface area contributed by atoms with Crippen molar-refractivity contribution in [1.29, 1.82) is 0 Å². The average Bonchev–Trinajstić information content (AvgIpc) is 2.76. The molecule has 0 unspecified atom stereocenters. The molecular formula is C14H18N2S. The van der Waals surface area contributed by atoms with Crippen LogP contribution in [-0.2, 0) is 13.1 Å². The molecule has 3 heteroatoms. The van der Waals surface area contributed by atoms with Crippen molar-refractivity contribution in [3.63, 3.8) is 0 Å². The second-order valence-corrected chi connectivity index (χ2v) is 5.49. The first-order valence-corrected chi connectivity index (χ1v) is 6.59. The van der Waals surface area contributed by atoms with Gasteiger partial charge in [0.05, 0.1) is 0 Å². The van der Waals surface area contributed by atoms with Gasteiger partial charge in [-0.15, -0.1) is 11.3 Å². The first-order valence-electron chi connectivity index (χ1n) is 5.71. The molecule has 0 saturated carbocycles. The maximum absolute atomic E-state index is 5.99. The van der Waals surface area contributed by atoms with E-state index in [1.54, 1.807) is 11.3 Å². The van der Waals surface area contributed by atoms with Crippen LogP contribution < -0.4 is 5.73 Å². The summed E-state index contributed by atoms with van der Waals surface area (Å²) in [7, 11) is 2.13. The van der Waals surface area contributed by atoms with E-state index in [4.69, 9.17) is 5.73 Å². The van der Waals surface area contributed by atoms with E-state index in [1.807, 2.05) is 6.07 Å². The molecule has 0 radical (unpaired) electrons. The number of hydrogen-bond acceptors (Lipinski definition) is 3. The van der Waals surface area contributed by atoms with Crippen LogP contribution in [0.3, 0.4) is 0 Å².